The fourth-order valence-corrected chi connectivity index (χ4v) is 2.38. The van der Waals surface area contributed by atoms with E-state index in [4.69, 9.17) is 23.2 Å². The van der Waals surface area contributed by atoms with E-state index in [0.717, 1.165) is 12.8 Å². The van der Waals surface area contributed by atoms with Crippen LogP contribution in [0.5, 0.6) is 0 Å². The molecule has 0 aliphatic carbocycles. The van der Waals surface area contributed by atoms with Crippen molar-refractivity contribution < 1.29 is 9.59 Å². The van der Waals surface area contributed by atoms with Crippen molar-refractivity contribution >= 4 is 35.0 Å². The van der Waals surface area contributed by atoms with Crippen molar-refractivity contribution in [1.29, 1.82) is 0 Å². The molecule has 2 amide bonds. The van der Waals surface area contributed by atoms with Gasteiger partial charge in [0, 0.05) is 28.6 Å². The van der Waals surface area contributed by atoms with Crippen LogP contribution in [-0.2, 0) is 4.79 Å². The van der Waals surface area contributed by atoms with Gasteiger partial charge in [-0.25, -0.2) is 0 Å². The van der Waals surface area contributed by atoms with Gasteiger partial charge in [0.25, 0.3) is 5.91 Å². The largest absolute Gasteiger partial charge is 0.279 e. The minimum atomic E-state index is -0.320. The second kappa shape index (κ2) is 5.07. The van der Waals surface area contributed by atoms with Gasteiger partial charge in [-0.05, 0) is 31.0 Å². The summed E-state index contributed by atoms with van der Waals surface area (Å²) in [5.74, 6) is -0.448. The van der Waals surface area contributed by atoms with E-state index < -0.39 is 0 Å². The van der Waals surface area contributed by atoms with E-state index in [1.807, 2.05) is 0 Å². The normalized spacial score (nSPS) is 16.1. The molecule has 5 heteroatoms. The summed E-state index contributed by atoms with van der Waals surface area (Å²) in [6.07, 6.45) is 2.13. The van der Waals surface area contributed by atoms with E-state index >= 15 is 0 Å². The fourth-order valence-electron chi connectivity index (χ4n) is 1.85. The van der Waals surface area contributed by atoms with Gasteiger partial charge in [0.1, 0.15) is 0 Å². The first-order valence-electron chi connectivity index (χ1n) is 5.39. The van der Waals surface area contributed by atoms with Crippen molar-refractivity contribution in [1.82, 2.24) is 4.90 Å². The second-order valence-corrected chi connectivity index (χ2v) is 4.84. The number of nitrogens with zero attached hydrogens (tertiary/aromatic N) is 1. The molecule has 0 unspecified atom stereocenters. The average Bonchev–Trinajstić information content (AvgIpc) is 2.27. The zero-order valence-electron chi connectivity index (χ0n) is 9.08. The molecule has 1 aliphatic rings. The number of imide groups is 1. The number of halogens is 2. The molecule has 1 fully saturated rings. The molecule has 0 radical (unpaired) electrons. The zero-order valence-corrected chi connectivity index (χ0v) is 10.6. The van der Waals surface area contributed by atoms with Crippen LogP contribution >= 0.6 is 23.2 Å². The van der Waals surface area contributed by atoms with E-state index in [-0.39, 0.29) is 11.8 Å². The third kappa shape index (κ3) is 2.79. The molecule has 1 aromatic carbocycles. The van der Waals surface area contributed by atoms with E-state index in [2.05, 4.69) is 0 Å². The summed E-state index contributed by atoms with van der Waals surface area (Å²) in [5.41, 5.74) is 0.359. The standard InChI is InChI=1S/C12H11Cl2NO2/c13-9-5-8(6-10(14)7-9)12(17)15-4-2-1-3-11(15)16/h5-7H,1-4H2. The summed E-state index contributed by atoms with van der Waals surface area (Å²) in [6.45, 7) is 0.474. The highest BCUT2D eigenvalue weighted by Crippen LogP contribution is 2.21. The second-order valence-electron chi connectivity index (χ2n) is 3.97. The third-order valence-corrected chi connectivity index (χ3v) is 3.11. The Balaban J connectivity index is 2.26. The number of carbonyl (C=O) groups is 2. The third-order valence-electron chi connectivity index (χ3n) is 2.68. The molecule has 1 heterocycles. The highest BCUT2D eigenvalue weighted by molar-refractivity contribution is 6.35. The minimum Gasteiger partial charge on any atom is -0.279 e. The molecular weight excluding hydrogens is 261 g/mol. The maximum Gasteiger partial charge on any atom is 0.260 e. The maximum absolute atomic E-state index is 12.1. The van der Waals surface area contributed by atoms with Gasteiger partial charge in [-0.3, -0.25) is 14.5 Å². The summed E-state index contributed by atoms with van der Waals surface area (Å²) < 4.78 is 0. The molecule has 2 rings (SSSR count). The highest BCUT2D eigenvalue weighted by atomic mass is 35.5. The molecule has 90 valence electrons. The maximum atomic E-state index is 12.1. The number of carbonyl (C=O) groups excluding carboxylic acids is 2. The van der Waals surface area contributed by atoms with E-state index in [1.165, 1.54) is 17.0 Å². The van der Waals surface area contributed by atoms with Crippen molar-refractivity contribution in [3.63, 3.8) is 0 Å². The van der Waals surface area contributed by atoms with Crippen LogP contribution in [0.15, 0.2) is 18.2 Å². The molecule has 0 aromatic heterocycles. The summed E-state index contributed by atoms with van der Waals surface area (Å²) in [4.78, 5) is 25.0. The molecule has 0 spiro atoms. The Morgan fingerprint density at radius 3 is 2.35 bits per heavy atom. The van der Waals surface area contributed by atoms with Gasteiger partial charge in [-0.2, -0.15) is 0 Å². The van der Waals surface area contributed by atoms with Gasteiger partial charge in [0.2, 0.25) is 5.91 Å². The quantitative estimate of drug-likeness (QED) is 0.736. The van der Waals surface area contributed by atoms with Gasteiger partial charge in [0.05, 0.1) is 0 Å². The number of rotatable bonds is 1. The number of hydrogen-bond donors (Lipinski definition) is 0. The number of likely N-dealkylation sites (tertiary alicyclic amines) is 1. The topological polar surface area (TPSA) is 37.4 Å². The van der Waals surface area contributed by atoms with Crippen LogP contribution in [0.2, 0.25) is 10.0 Å². The van der Waals surface area contributed by atoms with Crippen LogP contribution in [0.25, 0.3) is 0 Å². The lowest BCUT2D eigenvalue weighted by Gasteiger charge is -2.24. The first-order valence-corrected chi connectivity index (χ1v) is 6.14. The summed E-state index contributed by atoms with van der Waals surface area (Å²) >= 11 is 11.7. The van der Waals surface area contributed by atoms with Gasteiger partial charge in [0.15, 0.2) is 0 Å². The molecular formula is C12H11Cl2NO2. The van der Waals surface area contributed by atoms with Crippen molar-refractivity contribution in [3.8, 4) is 0 Å². The Kier molecular flexibility index (Phi) is 3.69. The lowest BCUT2D eigenvalue weighted by Crippen LogP contribution is -2.40. The van der Waals surface area contributed by atoms with Crippen molar-refractivity contribution in [3.05, 3.63) is 33.8 Å². The highest BCUT2D eigenvalue weighted by Gasteiger charge is 2.25. The van der Waals surface area contributed by atoms with E-state index in [9.17, 15) is 9.59 Å². The molecule has 17 heavy (non-hydrogen) atoms. The zero-order chi connectivity index (χ0) is 12.4. The van der Waals surface area contributed by atoms with Crippen LogP contribution in [0.3, 0.4) is 0 Å². The first kappa shape index (κ1) is 12.4. The SMILES string of the molecule is O=C1CCCCN1C(=O)c1cc(Cl)cc(Cl)c1. The lowest BCUT2D eigenvalue weighted by molar-refractivity contribution is -0.130. The lowest BCUT2D eigenvalue weighted by atomic mass is 10.1. The minimum absolute atomic E-state index is 0.127. The van der Waals surface area contributed by atoms with Crippen LogP contribution in [0.4, 0.5) is 0 Å². The first-order chi connectivity index (χ1) is 8.08. The smallest absolute Gasteiger partial charge is 0.260 e. The van der Waals surface area contributed by atoms with Crippen LogP contribution in [0, 0.1) is 0 Å². The Bertz CT molecular complexity index is 453. The van der Waals surface area contributed by atoms with Gasteiger partial charge >= 0.3 is 0 Å². The Hall–Kier alpha value is -1.06. The van der Waals surface area contributed by atoms with Gasteiger partial charge in [-0.1, -0.05) is 23.2 Å². The van der Waals surface area contributed by atoms with Crippen LogP contribution in [0.1, 0.15) is 29.6 Å². The van der Waals surface area contributed by atoms with Crippen molar-refractivity contribution in [2.24, 2.45) is 0 Å². The molecule has 0 N–H and O–H groups in total. The molecule has 0 atom stereocenters. The van der Waals surface area contributed by atoms with E-state index in [1.54, 1.807) is 6.07 Å². The molecule has 0 bridgehead atoms. The average molecular weight is 272 g/mol. The fraction of sp³-hybridized carbons (Fsp3) is 0.333. The number of piperidine rings is 1. The summed E-state index contributed by atoms with van der Waals surface area (Å²) in [7, 11) is 0. The predicted molar refractivity (Wildman–Crippen MR) is 66.4 cm³/mol. The summed E-state index contributed by atoms with van der Waals surface area (Å²) in [5, 5.41) is 0.788. The number of amides is 2. The number of benzene rings is 1. The Morgan fingerprint density at radius 1 is 1.12 bits per heavy atom. The van der Waals surface area contributed by atoms with Gasteiger partial charge < -0.3 is 0 Å². The van der Waals surface area contributed by atoms with Crippen LogP contribution < -0.4 is 0 Å². The molecule has 1 aliphatic heterocycles. The monoisotopic (exact) mass is 271 g/mol. The predicted octanol–water partition coefficient (Wildman–Crippen LogP) is 3.15. The van der Waals surface area contributed by atoms with Crippen molar-refractivity contribution in [2.75, 3.05) is 6.54 Å². The Morgan fingerprint density at radius 2 is 1.76 bits per heavy atom. The molecule has 0 saturated carbocycles. The molecule has 3 nitrogen and oxygen atoms in total. The Labute approximate surface area is 109 Å². The van der Waals surface area contributed by atoms with Crippen LogP contribution in [-0.4, -0.2) is 23.3 Å². The molecule has 1 aromatic rings. The van der Waals surface area contributed by atoms with Gasteiger partial charge in [-0.15, -0.1) is 0 Å². The van der Waals surface area contributed by atoms with E-state index in [0.29, 0.717) is 28.6 Å². The van der Waals surface area contributed by atoms with Crippen molar-refractivity contribution in [2.45, 2.75) is 19.3 Å². The summed E-state index contributed by atoms with van der Waals surface area (Å²) in [6, 6.07) is 4.60. The number of hydrogen-bond acceptors (Lipinski definition) is 2. The molecule has 1 saturated heterocycles.